The lowest BCUT2D eigenvalue weighted by Crippen LogP contribution is -2.49. The molecule has 1 amide bonds. The van der Waals surface area contributed by atoms with Crippen molar-refractivity contribution in [3.8, 4) is 0 Å². The van der Waals surface area contributed by atoms with E-state index in [0.717, 1.165) is 18.6 Å². The van der Waals surface area contributed by atoms with E-state index in [9.17, 15) is 26.4 Å². The summed E-state index contributed by atoms with van der Waals surface area (Å²) in [5.41, 5.74) is 0.0183. The van der Waals surface area contributed by atoms with Gasteiger partial charge >= 0.3 is 6.18 Å². The number of halogens is 3. The molecular weight excluding hydrogens is 475 g/mol. The molecule has 9 nitrogen and oxygen atoms in total. The van der Waals surface area contributed by atoms with Gasteiger partial charge < -0.3 is 19.4 Å². The highest BCUT2D eigenvalue weighted by Crippen LogP contribution is 2.29. The lowest BCUT2D eigenvalue weighted by molar-refractivity contribution is -0.138. The lowest BCUT2D eigenvalue weighted by atomic mass is 10.1. The largest absolute Gasteiger partial charge is 0.419 e. The predicted octanol–water partition coefficient (Wildman–Crippen LogP) is 1.70. The van der Waals surface area contributed by atoms with Crippen molar-refractivity contribution in [2.24, 2.45) is 0 Å². The third-order valence-corrected chi connectivity index (χ3v) is 6.90. The molecule has 0 spiro atoms. The normalized spacial score (nSPS) is 17.7. The van der Waals surface area contributed by atoms with Gasteiger partial charge in [0.05, 0.1) is 29.2 Å². The quantitative estimate of drug-likeness (QED) is 0.628. The molecule has 2 aromatic rings. The van der Waals surface area contributed by atoms with Crippen molar-refractivity contribution in [2.45, 2.75) is 11.1 Å². The van der Waals surface area contributed by atoms with Gasteiger partial charge in [-0.15, -0.1) is 0 Å². The molecule has 2 aliphatic rings. The Bertz CT molecular complexity index is 1140. The van der Waals surface area contributed by atoms with Crippen LogP contribution in [0.25, 0.3) is 0 Å². The lowest BCUT2D eigenvalue weighted by Gasteiger charge is -2.36. The van der Waals surface area contributed by atoms with Crippen LogP contribution >= 0.6 is 0 Å². The molecular formula is C21H24F3N5O4S. The van der Waals surface area contributed by atoms with Crippen LogP contribution in [0.1, 0.15) is 15.9 Å². The fourth-order valence-electron chi connectivity index (χ4n) is 3.91. The first-order chi connectivity index (χ1) is 16.0. The number of hydrogen-bond donors (Lipinski definition) is 0. The minimum Gasteiger partial charge on any atom is -0.378 e. The van der Waals surface area contributed by atoms with Crippen molar-refractivity contribution in [1.29, 1.82) is 0 Å². The highest BCUT2D eigenvalue weighted by molar-refractivity contribution is 7.90. The molecule has 2 saturated heterocycles. The number of sulfone groups is 1. The minimum atomic E-state index is -4.51. The molecule has 34 heavy (non-hydrogen) atoms. The van der Waals surface area contributed by atoms with Crippen molar-refractivity contribution in [2.75, 3.05) is 68.5 Å². The maximum absolute atomic E-state index is 13.4. The number of aromatic nitrogens is 2. The van der Waals surface area contributed by atoms with E-state index in [1.165, 1.54) is 12.1 Å². The first-order valence-electron chi connectivity index (χ1n) is 10.6. The second-order valence-electron chi connectivity index (χ2n) is 8.10. The highest BCUT2D eigenvalue weighted by atomic mass is 32.2. The van der Waals surface area contributed by atoms with Crippen LogP contribution < -0.4 is 9.80 Å². The molecule has 13 heteroatoms. The van der Waals surface area contributed by atoms with Crippen LogP contribution in [0.2, 0.25) is 0 Å². The van der Waals surface area contributed by atoms with E-state index in [4.69, 9.17) is 4.74 Å². The Labute approximate surface area is 195 Å². The predicted molar refractivity (Wildman–Crippen MR) is 118 cm³/mol. The summed E-state index contributed by atoms with van der Waals surface area (Å²) in [6.07, 6.45) is -1.94. The number of carbonyl (C=O) groups is 1. The minimum absolute atomic E-state index is 0.0599. The monoisotopic (exact) mass is 499 g/mol. The van der Waals surface area contributed by atoms with E-state index >= 15 is 0 Å². The molecule has 0 radical (unpaired) electrons. The van der Waals surface area contributed by atoms with Crippen LogP contribution in [-0.4, -0.2) is 87.9 Å². The van der Waals surface area contributed by atoms with E-state index in [1.807, 2.05) is 4.90 Å². The molecule has 0 N–H and O–H groups in total. The van der Waals surface area contributed by atoms with E-state index in [1.54, 1.807) is 15.9 Å². The van der Waals surface area contributed by atoms with Gasteiger partial charge in [-0.25, -0.2) is 18.4 Å². The Kier molecular flexibility index (Phi) is 6.67. The summed E-state index contributed by atoms with van der Waals surface area (Å²) in [7, 11) is -3.51. The number of amides is 1. The number of hydrogen-bond acceptors (Lipinski definition) is 8. The number of morpholine rings is 1. The van der Waals surface area contributed by atoms with E-state index < -0.39 is 21.6 Å². The van der Waals surface area contributed by atoms with Crippen LogP contribution in [0, 0.1) is 0 Å². The standard InChI is InChI=1S/C21H24F3N5O4S/c1-34(31,32)16-2-3-18(27-8-10-33-11-9-27)17(12-16)19(30)28-4-6-29(7-5-28)20-25-13-15(14-26-20)21(22,23)24/h2-3,12-14H,4-11H2,1H3. The zero-order valence-corrected chi connectivity index (χ0v) is 19.3. The smallest absolute Gasteiger partial charge is 0.378 e. The fraction of sp³-hybridized carbons (Fsp3) is 0.476. The van der Waals surface area contributed by atoms with Crippen LogP contribution in [0.4, 0.5) is 24.8 Å². The van der Waals surface area contributed by atoms with Gasteiger partial charge in [0.25, 0.3) is 5.91 Å². The van der Waals surface area contributed by atoms with Gasteiger partial charge in [0.15, 0.2) is 9.84 Å². The molecule has 4 rings (SSSR count). The first-order valence-corrected chi connectivity index (χ1v) is 12.5. The summed E-state index contributed by atoms with van der Waals surface area (Å²) < 4.78 is 67.8. The third kappa shape index (κ3) is 5.25. The molecule has 0 aliphatic carbocycles. The number of ether oxygens (including phenoxy) is 1. The van der Waals surface area contributed by atoms with Crippen molar-refractivity contribution < 1.29 is 31.1 Å². The number of rotatable bonds is 4. The highest BCUT2D eigenvalue weighted by Gasteiger charge is 2.32. The number of carbonyl (C=O) groups excluding carboxylic acids is 1. The summed E-state index contributed by atoms with van der Waals surface area (Å²) in [6, 6.07) is 4.56. The average molecular weight is 500 g/mol. The van der Waals surface area contributed by atoms with Gasteiger partial charge in [0.1, 0.15) is 0 Å². The fourth-order valence-corrected chi connectivity index (χ4v) is 4.56. The van der Waals surface area contributed by atoms with Crippen LogP contribution in [0.3, 0.4) is 0 Å². The zero-order valence-electron chi connectivity index (χ0n) is 18.5. The third-order valence-electron chi connectivity index (χ3n) is 5.79. The number of nitrogens with zero attached hydrogens (tertiary/aromatic N) is 5. The summed E-state index contributed by atoms with van der Waals surface area (Å²) in [5.74, 6) is -0.145. The summed E-state index contributed by atoms with van der Waals surface area (Å²) in [5, 5.41) is 0. The number of benzene rings is 1. The summed E-state index contributed by atoms with van der Waals surface area (Å²) in [4.78, 5) is 26.4. The maximum atomic E-state index is 13.4. The Morgan fingerprint density at radius 1 is 0.971 bits per heavy atom. The van der Waals surface area contributed by atoms with E-state index in [2.05, 4.69) is 9.97 Å². The van der Waals surface area contributed by atoms with Gasteiger partial charge in [0, 0.05) is 63.6 Å². The SMILES string of the molecule is CS(=O)(=O)c1ccc(N2CCOCC2)c(C(=O)N2CCN(c3ncc(C(F)(F)F)cn3)CC2)c1. The second kappa shape index (κ2) is 9.37. The first kappa shape index (κ1) is 24.2. The summed E-state index contributed by atoms with van der Waals surface area (Å²) >= 11 is 0. The number of piperazine rings is 1. The number of anilines is 2. The molecule has 1 aromatic carbocycles. The molecule has 0 bridgehead atoms. The number of alkyl halides is 3. The maximum Gasteiger partial charge on any atom is 0.419 e. The zero-order chi connectivity index (χ0) is 24.5. The summed E-state index contributed by atoms with van der Waals surface area (Å²) in [6.45, 7) is 3.41. The molecule has 0 atom stereocenters. The van der Waals surface area contributed by atoms with Crippen molar-refractivity contribution in [3.05, 3.63) is 41.7 Å². The van der Waals surface area contributed by atoms with Crippen LogP contribution in [0.5, 0.6) is 0 Å². The van der Waals surface area contributed by atoms with Gasteiger partial charge in [-0.1, -0.05) is 0 Å². The second-order valence-corrected chi connectivity index (χ2v) is 10.1. The Balaban J connectivity index is 1.52. The molecule has 3 heterocycles. The van der Waals surface area contributed by atoms with Crippen LogP contribution in [0.15, 0.2) is 35.5 Å². The molecule has 1 aromatic heterocycles. The van der Waals surface area contributed by atoms with Gasteiger partial charge in [-0.3, -0.25) is 4.79 Å². The molecule has 0 saturated carbocycles. The Morgan fingerprint density at radius 2 is 1.59 bits per heavy atom. The molecule has 2 fully saturated rings. The van der Waals surface area contributed by atoms with Gasteiger partial charge in [-0.2, -0.15) is 13.2 Å². The van der Waals surface area contributed by atoms with E-state index in [-0.39, 0.29) is 29.8 Å². The van der Waals surface area contributed by atoms with E-state index in [0.29, 0.717) is 50.6 Å². The van der Waals surface area contributed by atoms with Crippen molar-refractivity contribution >= 4 is 27.4 Å². The molecule has 2 aliphatic heterocycles. The van der Waals surface area contributed by atoms with Crippen LogP contribution in [-0.2, 0) is 20.8 Å². The van der Waals surface area contributed by atoms with Crippen molar-refractivity contribution in [3.63, 3.8) is 0 Å². The topological polar surface area (TPSA) is 95.9 Å². The Hall–Kier alpha value is -2.93. The Morgan fingerprint density at radius 3 is 2.15 bits per heavy atom. The average Bonchev–Trinajstić information content (AvgIpc) is 2.83. The van der Waals surface area contributed by atoms with Crippen molar-refractivity contribution in [1.82, 2.24) is 14.9 Å². The van der Waals surface area contributed by atoms with Gasteiger partial charge in [0.2, 0.25) is 5.95 Å². The molecule has 184 valence electrons. The molecule has 0 unspecified atom stereocenters. The van der Waals surface area contributed by atoms with Gasteiger partial charge in [-0.05, 0) is 18.2 Å².